The Bertz CT molecular complexity index is 336. The highest BCUT2D eigenvalue weighted by Gasteiger charge is 2.12. The molecule has 1 rings (SSSR count). The van der Waals surface area contributed by atoms with Crippen molar-refractivity contribution in [2.45, 2.75) is 38.1 Å². The van der Waals surface area contributed by atoms with E-state index in [2.05, 4.69) is 5.10 Å². The van der Waals surface area contributed by atoms with Crippen LogP contribution in [0.3, 0.4) is 0 Å². The number of hydrogen-bond acceptors (Lipinski definition) is 2. The third kappa shape index (κ3) is 3.55. The van der Waals surface area contributed by atoms with E-state index in [4.69, 9.17) is 16.7 Å². The Morgan fingerprint density at radius 3 is 2.80 bits per heavy atom. The largest absolute Gasteiger partial charge is 0.481 e. The van der Waals surface area contributed by atoms with Crippen LogP contribution in [0.5, 0.6) is 0 Å². The predicted octanol–water partition coefficient (Wildman–Crippen LogP) is 2.61. The Labute approximate surface area is 93.9 Å². The van der Waals surface area contributed by atoms with Crippen molar-refractivity contribution >= 4 is 17.6 Å². The lowest BCUT2D eigenvalue weighted by Gasteiger charge is -2.05. The van der Waals surface area contributed by atoms with E-state index in [-0.39, 0.29) is 11.8 Å². The van der Waals surface area contributed by atoms with Gasteiger partial charge >= 0.3 is 5.97 Å². The van der Waals surface area contributed by atoms with E-state index in [9.17, 15) is 4.79 Å². The van der Waals surface area contributed by atoms with Crippen molar-refractivity contribution in [1.82, 2.24) is 9.78 Å². The molecule has 1 aromatic heterocycles. The second-order valence-corrected chi connectivity index (χ2v) is 4.27. The molecule has 15 heavy (non-hydrogen) atoms. The molecule has 1 unspecified atom stereocenters. The smallest absolute Gasteiger partial charge is 0.303 e. The molecule has 1 aromatic rings. The van der Waals surface area contributed by atoms with Crippen LogP contribution in [-0.2, 0) is 4.79 Å². The number of carboxylic acids is 1. The van der Waals surface area contributed by atoms with Crippen LogP contribution in [0.25, 0.3) is 0 Å². The third-order valence-corrected chi connectivity index (χ3v) is 2.59. The van der Waals surface area contributed by atoms with Crippen LogP contribution in [0.15, 0.2) is 12.4 Å². The maximum Gasteiger partial charge on any atom is 0.303 e. The van der Waals surface area contributed by atoms with Crippen LogP contribution in [0.1, 0.15) is 43.7 Å². The molecule has 0 radical (unpaired) electrons. The summed E-state index contributed by atoms with van der Waals surface area (Å²) in [6.07, 6.45) is 4.07. The van der Waals surface area contributed by atoms with Crippen LogP contribution >= 0.6 is 11.6 Å². The van der Waals surface area contributed by atoms with E-state index in [1.54, 1.807) is 6.20 Å². The van der Waals surface area contributed by atoms with E-state index >= 15 is 0 Å². The van der Waals surface area contributed by atoms with Gasteiger partial charge in [0.25, 0.3) is 0 Å². The van der Waals surface area contributed by atoms with E-state index in [1.165, 1.54) is 0 Å². The number of alkyl halides is 1. The second-order valence-electron chi connectivity index (χ2n) is 3.75. The van der Waals surface area contributed by atoms with E-state index < -0.39 is 5.97 Å². The van der Waals surface area contributed by atoms with Crippen LogP contribution in [-0.4, -0.2) is 20.9 Å². The van der Waals surface area contributed by atoms with Gasteiger partial charge in [0.2, 0.25) is 0 Å². The standard InChI is InChI=1S/C10H15ClN2O2/c1-7(2)13-6-8(5-12-13)9(11)3-4-10(14)15/h5-7,9H,3-4H2,1-2H3,(H,14,15). The van der Waals surface area contributed by atoms with Crippen molar-refractivity contribution in [3.05, 3.63) is 18.0 Å². The van der Waals surface area contributed by atoms with Gasteiger partial charge in [-0.3, -0.25) is 9.48 Å². The third-order valence-electron chi connectivity index (χ3n) is 2.12. The minimum atomic E-state index is -0.822. The summed E-state index contributed by atoms with van der Waals surface area (Å²) in [5.41, 5.74) is 0.881. The zero-order chi connectivity index (χ0) is 11.4. The monoisotopic (exact) mass is 230 g/mol. The Morgan fingerprint density at radius 2 is 2.33 bits per heavy atom. The molecule has 0 spiro atoms. The molecular formula is C10H15ClN2O2. The number of nitrogens with zero attached hydrogens (tertiary/aromatic N) is 2. The first kappa shape index (κ1) is 12.0. The minimum Gasteiger partial charge on any atom is -0.481 e. The highest BCUT2D eigenvalue weighted by atomic mass is 35.5. The number of aliphatic carboxylic acids is 1. The molecule has 0 amide bonds. The van der Waals surface area contributed by atoms with Crippen molar-refractivity contribution in [3.63, 3.8) is 0 Å². The molecule has 0 fully saturated rings. The maximum atomic E-state index is 10.4. The molecule has 0 aliphatic rings. The highest BCUT2D eigenvalue weighted by Crippen LogP contribution is 2.25. The van der Waals surface area contributed by atoms with Crippen molar-refractivity contribution in [3.8, 4) is 0 Å². The lowest BCUT2D eigenvalue weighted by atomic mass is 10.1. The molecule has 1 atom stereocenters. The summed E-state index contributed by atoms with van der Waals surface area (Å²) < 4.78 is 1.81. The normalized spacial score (nSPS) is 13.1. The van der Waals surface area contributed by atoms with Crippen molar-refractivity contribution in [1.29, 1.82) is 0 Å². The van der Waals surface area contributed by atoms with Gasteiger partial charge in [-0.15, -0.1) is 11.6 Å². The van der Waals surface area contributed by atoms with Gasteiger partial charge in [-0.1, -0.05) is 0 Å². The first-order valence-corrected chi connectivity index (χ1v) is 5.34. The molecule has 0 aromatic carbocycles. The lowest BCUT2D eigenvalue weighted by molar-refractivity contribution is -0.137. The molecular weight excluding hydrogens is 216 g/mol. The van der Waals surface area contributed by atoms with Gasteiger partial charge in [0, 0.05) is 24.2 Å². The Kier molecular flexibility index (Phi) is 4.15. The Balaban J connectivity index is 2.57. The molecule has 5 heteroatoms. The summed E-state index contributed by atoms with van der Waals surface area (Å²) in [6.45, 7) is 4.05. The van der Waals surface area contributed by atoms with Gasteiger partial charge in [-0.2, -0.15) is 5.10 Å². The summed E-state index contributed by atoms with van der Waals surface area (Å²) >= 11 is 6.05. The van der Waals surface area contributed by atoms with Crippen LogP contribution < -0.4 is 0 Å². The molecule has 1 heterocycles. The number of carboxylic acid groups (broad SMARTS) is 1. The van der Waals surface area contributed by atoms with Crippen LogP contribution in [0, 0.1) is 0 Å². The Hall–Kier alpha value is -1.03. The summed E-state index contributed by atoms with van der Waals surface area (Å²) in [7, 11) is 0. The topological polar surface area (TPSA) is 55.1 Å². The fraction of sp³-hybridized carbons (Fsp3) is 0.600. The maximum absolute atomic E-state index is 10.4. The summed E-state index contributed by atoms with van der Waals surface area (Å²) in [4.78, 5) is 10.4. The Morgan fingerprint density at radius 1 is 1.67 bits per heavy atom. The average Bonchev–Trinajstić information content (AvgIpc) is 2.62. The predicted molar refractivity (Wildman–Crippen MR) is 58.1 cm³/mol. The van der Waals surface area contributed by atoms with E-state index in [0.717, 1.165) is 5.56 Å². The van der Waals surface area contributed by atoms with Gasteiger partial charge in [0.05, 0.1) is 11.6 Å². The molecule has 0 saturated heterocycles. The van der Waals surface area contributed by atoms with E-state index in [0.29, 0.717) is 12.5 Å². The fourth-order valence-electron chi connectivity index (χ4n) is 1.21. The number of carbonyl (C=O) groups is 1. The summed E-state index contributed by atoms with van der Waals surface area (Å²) in [6, 6.07) is 0.294. The number of aromatic nitrogens is 2. The molecule has 4 nitrogen and oxygen atoms in total. The highest BCUT2D eigenvalue weighted by molar-refractivity contribution is 6.20. The average molecular weight is 231 g/mol. The fourth-order valence-corrected chi connectivity index (χ4v) is 1.44. The second kappa shape index (κ2) is 5.16. The molecule has 0 bridgehead atoms. The number of hydrogen-bond donors (Lipinski definition) is 1. The number of halogens is 1. The van der Waals surface area contributed by atoms with Crippen LogP contribution in [0.2, 0.25) is 0 Å². The first-order valence-electron chi connectivity index (χ1n) is 4.90. The van der Waals surface area contributed by atoms with Gasteiger partial charge in [0.1, 0.15) is 0 Å². The van der Waals surface area contributed by atoms with Gasteiger partial charge in [0.15, 0.2) is 0 Å². The SMILES string of the molecule is CC(C)n1cc(C(Cl)CCC(=O)O)cn1. The lowest BCUT2D eigenvalue weighted by Crippen LogP contribution is -2.00. The van der Waals surface area contributed by atoms with Crippen molar-refractivity contribution in [2.75, 3.05) is 0 Å². The summed E-state index contributed by atoms with van der Waals surface area (Å²) in [5.74, 6) is -0.822. The summed E-state index contributed by atoms with van der Waals surface area (Å²) in [5, 5.41) is 12.4. The van der Waals surface area contributed by atoms with Gasteiger partial charge in [-0.25, -0.2) is 0 Å². The van der Waals surface area contributed by atoms with Crippen molar-refractivity contribution in [2.24, 2.45) is 0 Å². The number of rotatable bonds is 5. The first-order chi connectivity index (χ1) is 7.00. The molecule has 0 aliphatic heterocycles. The minimum absolute atomic E-state index is 0.0844. The quantitative estimate of drug-likeness (QED) is 0.792. The van der Waals surface area contributed by atoms with Gasteiger partial charge in [-0.05, 0) is 20.3 Å². The van der Waals surface area contributed by atoms with Crippen LogP contribution in [0.4, 0.5) is 0 Å². The van der Waals surface area contributed by atoms with E-state index in [1.807, 2.05) is 24.7 Å². The zero-order valence-corrected chi connectivity index (χ0v) is 9.61. The molecule has 1 N–H and O–H groups in total. The molecule has 0 aliphatic carbocycles. The van der Waals surface area contributed by atoms with Gasteiger partial charge < -0.3 is 5.11 Å². The zero-order valence-electron chi connectivity index (χ0n) is 8.85. The molecule has 0 saturated carbocycles. The van der Waals surface area contributed by atoms with Crippen molar-refractivity contribution < 1.29 is 9.90 Å². The molecule has 84 valence electrons.